The number of hydrogen-bond donors (Lipinski definition) is 0. The fourth-order valence-electron chi connectivity index (χ4n) is 3.42. The van der Waals surface area contributed by atoms with Crippen molar-refractivity contribution >= 4 is 5.97 Å². The average Bonchev–Trinajstić information content (AvgIpc) is 2.50. The summed E-state index contributed by atoms with van der Waals surface area (Å²) in [7, 11) is 0. The van der Waals surface area contributed by atoms with Crippen LogP contribution in [0, 0.1) is 21.4 Å². The molecule has 0 aliphatic heterocycles. The van der Waals surface area contributed by atoms with E-state index in [1.807, 2.05) is 34.6 Å². The molecule has 24 heavy (non-hydrogen) atoms. The van der Waals surface area contributed by atoms with Crippen LogP contribution in [0.2, 0.25) is 0 Å². The SMILES string of the molecule is CCOC(=O)C1=C[C@H](OC(CC)CC)[C@H](C(C)(C)C)[C@H]([N+](=O)[O-])C1. The van der Waals surface area contributed by atoms with E-state index >= 15 is 0 Å². The normalized spacial score (nSPS) is 24.6. The van der Waals surface area contributed by atoms with Gasteiger partial charge in [0.1, 0.15) is 0 Å². The summed E-state index contributed by atoms with van der Waals surface area (Å²) in [5.41, 5.74) is 0.0421. The molecule has 1 aliphatic carbocycles. The standard InChI is InChI=1S/C18H31NO5/c1-7-13(8-2)24-15-11-12(17(20)23-9-3)10-14(19(21)22)16(15)18(4,5)6/h11,13-16H,7-10H2,1-6H3/t14-,15+,16-/m1/s1. The minimum atomic E-state index is -0.853. The average molecular weight is 341 g/mol. The summed E-state index contributed by atoms with van der Waals surface area (Å²) < 4.78 is 11.2. The van der Waals surface area contributed by atoms with Crippen LogP contribution in [0.3, 0.4) is 0 Å². The molecule has 0 N–H and O–H groups in total. The molecule has 1 aliphatic rings. The molecule has 0 saturated heterocycles. The summed E-state index contributed by atoms with van der Waals surface area (Å²) in [5, 5.41) is 11.7. The van der Waals surface area contributed by atoms with Gasteiger partial charge in [0.2, 0.25) is 6.04 Å². The van der Waals surface area contributed by atoms with Gasteiger partial charge in [-0.15, -0.1) is 0 Å². The second-order valence-electron chi connectivity index (χ2n) is 7.40. The van der Waals surface area contributed by atoms with Gasteiger partial charge in [0, 0.05) is 16.9 Å². The molecule has 3 atom stereocenters. The maximum atomic E-state index is 12.1. The summed E-state index contributed by atoms with van der Waals surface area (Å²) in [4.78, 5) is 23.5. The third-order valence-electron chi connectivity index (χ3n) is 4.63. The van der Waals surface area contributed by atoms with Gasteiger partial charge in [0.05, 0.1) is 24.7 Å². The summed E-state index contributed by atoms with van der Waals surface area (Å²) >= 11 is 0. The molecule has 0 amide bonds. The van der Waals surface area contributed by atoms with Crippen molar-refractivity contribution in [3.05, 3.63) is 21.8 Å². The first kappa shape index (κ1) is 20.6. The molecular formula is C18H31NO5. The van der Waals surface area contributed by atoms with Crippen molar-refractivity contribution in [3.63, 3.8) is 0 Å². The molecule has 0 aromatic rings. The highest BCUT2D eigenvalue weighted by Crippen LogP contribution is 2.41. The summed E-state index contributed by atoms with van der Waals surface area (Å²) in [5.74, 6) is -0.777. The molecule has 1 rings (SSSR count). The van der Waals surface area contributed by atoms with Crippen LogP contribution in [0.4, 0.5) is 0 Å². The van der Waals surface area contributed by atoms with Crippen LogP contribution in [0.5, 0.6) is 0 Å². The van der Waals surface area contributed by atoms with E-state index in [2.05, 4.69) is 0 Å². The van der Waals surface area contributed by atoms with Crippen LogP contribution in [-0.2, 0) is 14.3 Å². The van der Waals surface area contributed by atoms with Crippen molar-refractivity contribution in [3.8, 4) is 0 Å². The van der Waals surface area contributed by atoms with Crippen molar-refractivity contribution in [2.45, 2.75) is 79.1 Å². The summed E-state index contributed by atoms with van der Waals surface area (Å²) in [6, 6.07) is -0.853. The topological polar surface area (TPSA) is 78.7 Å². The van der Waals surface area contributed by atoms with Gasteiger partial charge in [-0.3, -0.25) is 10.1 Å². The second kappa shape index (κ2) is 8.60. The minimum absolute atomic E-state index is 0.0186. The highest BCUT2D eigenvalue weighted by Gasteiger charge is 2.49. The third kappa shape index (κ3) is 5.03. The highest BCUT2D eigenvalue weighted by molar-refractivity contribution is 5.88. The lowest BCUT2D eigenvalue weighted by Crippen LogP contribution is -2.49. The predicted octanol–water partition coefficient (Wildman–Crippen LogP) is 3.76. The van der Waals surface area contributed by atoms with Gasteiger partial charge in [-0.2, -0.15) is 0 Å². The Hall–Kier alpha value is -1.43. The van der Waals surface area contributed by atoms with Crippen molar-refractivity contribution in [2.24, 2.45) is 11.3 Å². The Morgan fingerprint density at radius 2 is 1.92 bits per heavy atom. The van der Waals surface area contributed by atoms with Crippen LogP contribution >= 0.6 is 0 Å². The number of nitro groups is 1. The monoisotopic (exact) mass is 341 g/mol. The molecule has 0 heterocycles. The number of carbonyl (C=O) groups excluding carboxylic acids is 1. The Morgan fingerprint density at radius 3 is 2.33 bits per heavy atom. The largest absolute Gasteiger partial charge is 0.463 e. The molecule has 138 valence electrons. The number of hydrogen-bond acceptors (Lipinski definition) is 5. The fraction of sp³-hybridized carbons (Fsp3) is 0.833. The van der Waals surface area contributed by atoms with Crippen LogP contribution in [0.15, 0.2) is 11.6 Å². The van der Waals surface area contributed by atoms with Crippen molar-refractivity contribution in [1.29, 1.82) is 0 Å². The van der Waals surface area contributed by atoms with Crippen LogP contribution < -0.4 is 0 Å². The van der Waals surface area contributed by atoms with E-state index in [0.29, 0.717) is 5.57 Å². The first-order valence-corrected chi connectivity index (χ1v) is 8.82. The summed E-state index contributed by atoms with van der Waals surface area (Å²) in [6.07, 6.45) is 3.07. The van der Waals surface area contributed by atoms with E-state index in [1.54, 1.807) is 13.0 Å². The van der Waals surface area contributed by atoms with E-state index in [1.165, 1.54) is 0 Å². The van der Waals surface area contributed by atoms with Gasteiger partial charge in [0.15, 0.2) is 0 Å². The number of nitrogens with zero attached hydrogens (tertiary/aromatic N) is 1. The van der Waals surface area contributed by atoms with Crippen molar-refractivity contribution in [1.82, 2.24) is 0 Å². The van der Waals surface area contributed by atoms with Gasteiger partial charge >= 0.3 is 5.97 Å². The van der Waals surface area contributed by atoms with E-state index in [4.69, 9.17) is 9.47 Å². The molecule has 0 spiro atoms. The maximum Gasteiger partial charge on any atom is 0.334 e. The van der Waals surface area contributed by atoms with Gasteiger partial charge in [-0.05, 0) is 31.3 Å². The number of ether oxygens (including phenoxy) is 2. The van der Waals surface area contributed by atoms with E-state index in [-0.39, 0.29) is 35.4 Å². The van der Waals surface area contributed by atoms with E-state index < -0.39 is 18.1 Å². The summed E-state index contributed by atoms with van der Waals surface area (Å²) in [6.45, 7) is 12.0. The van der Waals surface area contributed by atoms with Crippen LogP contribution in [-0.4, -0.2) is 35.7 Å². The molecule has 6 nitrogen and oxygen atoms in total. The number of carbonyl (C=O) groups is 1. The van der Waals surface area contributed by atoms with E-state index in [9.17, 15) is 14.9 Å². The zero-order valence-electron chi connectivity index (χ0n) is 15.7. The Morgan fingerprint density at radius 1 is 1.33 bits per heavy atom. The lowest BCUT2D eigenvalue weighted by atomic mass is 9.68. The Labute approximate surface area is 144 Å². The van der Waals surface area contributed by atoms with Gasteiger partial charge < -0.3 is 9.47 Å². The second-order valence-corrected chi connectivity index (χ2v) is 7.40. The quantitative estimate of drug-likeness (QED) is 0.400. The molecule has 0 unspecified atom stereocenters. The molecular weight excluding hydrogens is 310 g/mol. The molecule has 0 radical (unpaired) electrons. The number of rotatable bonds is 7. The van der Waals surface area contributed by atoms with Gasteiger partial charge in [-0.1, -0.05) is 34.6 Å². The predicted molar refractivity (Wildman–Crippen MR) is 92.3 cm³/mol. The van der Waals surface area contributed by atoms with E-state index in [0.717, 1.165) is 12.8 Å². The minimum Gasteiger partial charge on any atom is -0.463 e. The van der Waals surface area contributed by atoms with Crippen molar-refractivity contribution in [2.75, 3.05) is 6.61 Å². The molecule has 0 saturated carbocycles. The molecule has 0 aromatic heterocycles. The van der Waals surface area contributed by atoms with Gasteiger partial charge in [0.25, 0.3) is 0 Å². The highest BCUT2D eigenvalue weighted by atomic mass is 16.6. The first-order chi connectivity index (χ1) is 11.1. The zero-order chi connectivity index (χ0) is 18.5. The Balaban J connectivity index is 3.26. The molecule has 0 fully saturated rings. The molecule has 6 heteroatoms. The first-order valence-electron chi connectivity index (χ1n) is 8.82. The third-order valence-corrected chi connectivity index (χ3v) is 4.63. The smallest absolute Gasteiger partial charge is 0.334 e. The maximum absolute atomic E-state index is 12.1. The van der Waals surface area contributed by atoms with Crippen molar-refractivity contribution < 1.29 is 19.2 Å². The number of esters is 1. The Kier molecular flexibility index (Phi) is 7.39. The Bertz CT molecular complexity index is 476. The lowest BCUT2D eigenvalue weighted by molar-refractivity contribution is -0.539. The molecule has 0 aromatic carbocycles. The van der Waals surface area contributed by atoms with Crippen LogP contribution in [0.25, 0.3) is 0 Å². The fourth-order valence-corrected chi connectivity index (χ4v) is 3.42. The zero-order valence-corrected chi connectivity index (χ0v) is 15.7. The molecule has 0 bridgehead atoms. The van der Waals surface area contributed by atoms with Gasteiger partial charge in [-0.25, -0.2) is 4.79 Å². The van der Waals surface area contributed by atoms with Crippen LogP contribution in [0.1, 0.15) is 60.8 Å². The lowest BCUT2D eigenvalue weighted by Gasteiger charge is -2.41.